The van der Waals surface area contributed by atoms with Crippen molar-refractivity contribution in [3.8, 4) is 0 Å². The molecule has 1 fully saturated rings. The molecule has 1 saturated heterocycles. The molecule has 124 valence electrons. The molecule has 0 amide bonds. The fraction of sp³-hybridized carbons (Fsp3) is 0.529. The lowest BCUT2D eigenvalue weighted by atomic mass is 10.2. The lowest BCUT2D eigenvalue weighted by Crippen LogP contribution is -2.47. The number of rotatable bonds is 5. The maximum atomic E-state index is 10.3. The van der Waals surface area contributed by atoms with E-state index >= 15 is 0 Å². The van der Waals surface area contributed by atoms with Crippen molar-refractivity contribution >= 4 is 17.2 Å². The van der Waals surface area contributed by atoms with Crippen molar-refractivity contribution in [3.63, 3.8) is 0 Å². The fourth-order valence-electron chi connectivity index (χ4n) is 2.91. The van der Waals surface area contributed by atoms with Crippen molar-refractivity contribution < 1.29 is 5.11 Å². The number of aliphatic hydroxyl groups is 1. The van der Waals surface area contributed by atoms with Crippen molar-refractivity contribution in [2.45, 2.75) is 26.4 Å². The number of aliphatic hydroxyl groups excluding tert-OH is 1. The molecule has 1 unspecified atom stereocenters. The largest absolute Gasteiger partial charge is 0.386 e. The van der Waals surface area contributed by atoms with Crippen LogP contribution in [-0.2, 0) is 6.42 Å². The number of aromatic nitrogens is 2. The van der Waals surface area contributed by atoms with Gasteiger partial charge in [0.05, 0.1) is 0 Å². The van der Waals surface area contributed by atoms with Gasteiger partial charge in [-0.25, -0.2) is 9.97 Å². The van der Waals surface area contributed by atoms with Crippen LogP contribution in [0, 0.1) is 6.92 Å². The van der Waals surface area contributed by atoms with Gasteiger partial charge in [0, 0.05) is 55.8 Å². The highest BCUT2D eigenvalue weighted by Gasteiger charge is 2.21. The first-order valence-corrected chi connectivity index (χ1v) is 9.07. The minimum atomic E-state index is -0.380. The summed E-state index contributed by atoms with van der Waals surface area (Å²) in [7, 11) is 0. The van der Waals surface area contributed by atoms with Crippen LogP contribution in [0.4, 0.5) is 5.82 Å². The normalized spacial score (nSPS) is 17.4. The summed E-state index contributed by atoms with van der Waals surface area (Å²) in [6.07, 6.45) is 0.483. The molecule has 0 spiro atoms. The second-order valence-electron chi connectivity index (χ2n) is 5.96. The van der Waals surface area contributed by atoms with E-state index in [0.717, 1.165) is 54.8 Å². The standard InChI is InChI=1S/C17H24N4OS/c1-3-16-18-13(2)11-17(19-16)21-8-6-20(7-9-21)12-14(22)15-5-4-10-23-15/h4-5,10-11,14,22H,3,6-9,12H2,1-2H3. The number of thiophene rings is 1. The Morgan fingerprint density at radius 2 is 2.04 bits per heavy atom. The summed E-state index contributed by atoms with van der Waals surface area (Å²) in [5, 5.41) is 12.3. The monoisotopic (exact) mass is 332 g/mol. The number of anilines is 1. The molecule has 3 rings (SSSR count). The molecule has 2 aromatic heterocycles. The Morgan fingerprint density at radius 3 is 2.70 bits per heavy atom. The molecule has 1 atom stereocenters. The average Bonchev–Trinajstić information content (AvgIpc) is 3.09. The highest BCUT2D eigenvalue weighted by atomic mass is 32.1. The van der Waals surface area contributed by atoms with E-state index in [-0.39, 0.29) is 6.10 Å². The molecule has 0 aliphatic carbocycles. The van der Waals surface area contributed by atoms with Crippen LogP contribution in [0.5, 0.6) is 0 Å². The Hall–Kier alpha value is -1.50. The van der Waals surface area contributed by atoms with E-state index in [4.69, 9.17) is 0 Å². The first-order chi connectivity index (χ1) is 11.2. The molecule has 2 aromatic rings. The third kappa shape index (κ3) is 4.07. The molecule has 0 aromatic carbocycles. The van der Waals surface area contributed by atoms with Gasteiger partial charge in [-0.05, 0) is 18.4 Å². The molecule has 6 heteroatoms. The zero-order valence-electron chi connectivity index (χ0n) is 13.8. The fourth-order valence-corrected chi connectivity index (χ4v) is 3.61. The van der Waals surface area contributed by atoms with Gasteiger partial charge >= 0.3 is 0 Å². The van der Waals surface area contributed by atoms with Gasteiger partial charge in [0.25, 0.3) is 0 Å². The van der Waals surface area contributed by atoms with Crippen molar-refractivity contribution in [2.75, 3.05) is 37.6 Å². The second kappa shape index (κ2) is 7.38. The topological polar surface area (TPSA) is 52.5 Å². The summed E-state index contributed by atoms with van der Waals surface area (Å²) in [5.74, 6) is 1.95. The highest BCUT2D eigenvalue weighted by molar-refractivity contribution is 7.10. The summed E-state index contributed by atoms with van der Waals surface area (Å²) < 4.78 is 0. The summed E-state index contributed by atoms with van der Waals surface area (Å²) in [6, 6.07) is 6.06. The third-order valence-corrected chi connectivity index (χ3v) is 5.18. The predicted molar refractivity (Wildman–Crippen MR) is 94.1 cm³/mol. The number of hydrogen-bond acceptors (Lipinski definition) is 6. The van der Waals surface area contributed by atoms with Crippen molar-refractivity contribution in [1.82, 2.24) is 14.9 Å². The maximum Gasteiger partial charge on any atom is 0.132 e. The van der Waals surface area contributed by atoms with E-state index in [2.05, 4.69) is 32.8 Å². The Kier molecular flexibility index (Phi) is 5.25. The lowest BCUT2D eigenvalue weighted by molar-refractivity contribution is 0.112. The van der Waals surface area contributed by atoms with Gasteiger partial charge in [-0.1, -0.05) is 13.0 Å². The molecule has 0 saturated carbocycles. The summed E-state index contributed by atoms with van der Waals surface area (Å²) in [5.41, 5.74) is 1.03. The summed E-state index contributed by atoms with van der Waals surface area (Å²) >= 11 is 1.62. The van der Waals surface area contributed by atoms with Crippen molar-refractivity contribution in [3.05, 3.63) is 40.0 Å². The average molecular weight is 332 g/mol. The van der Waals surface area contributed by atoms with E-state index in [1.807, 2.05) is 24.4 Å². The zero-order valence-corrected chi connectivity index (χ0v) is 14.6. The second-order valence-corrected chi connectivity index (χ2v) is 6.94. The Morgan fingerprint density at radius 1 is 1.26 bits per heavy atom. The molecule has 1 N–H and O–H groups in total. The number of hydrogen-bond donors (Lipinski definition) is 1. The SMILES string of the molecule is CCc1nc(C)cc(N2CCN(CC(O)c3cccs3)CC2)n1. The number of β-amino-alcohol motifs (C(OH)–C–C–N with tert-alkyl or cyclic N) is 1. The molecule has 1 aliphatic rings. The van der Waals surface area contributed by atoms with Gasteiger partial charge in [0.1, 0.15) is 17.7 Å². The summed E-state index contributed by atoms with van der Waals surface area (Å²) in [6.45, 7) is 8.60. The van der Waals surface area contributed by atoms with Crippen LogP contribution in [0.3, 0.4) is 0 Å². The zero-order chi connectivity index (χ0) is 16.2. The van der Waals surface area contributed by atoms with Crippen LogP contribution in [0.25, 0.3) is 0 Å². The van der Waals surface area contributed by atoms with Crippen LogP contribution >= 0.6 is 11.3 Å². The van der Waals surface area contributed by atoms with Gasteiger partial charge < -0.3 is 10.0 Å². The number of aryl methyl sites for hydroxylation is 2. The van der Waals surface area contributed by atoms with E-state index < -0.39 is 0 Å². The van der Waals surface area contributed by atoms with Crippen molar-refractivity contribution in [2.24, 2.45) is 0 Å². The highest BCUT2D eigenvalue weighted by Crippen LogP contribution is 2.21. The lowest BCUT2D eigenvalue weighted by Gasteiger charge is -2.36. The van der Waals surface area contributed by atoms with Crippen LogP contribution in [0.1, 0.15) is 29.4 Å². The van der Waals surface area contributed by atoms with E-state index in [1.54, 1.807) is 11.3 Å². The molecular formula is C17H24N4OS. The first-order valence-electron chi connectivity index (χ1n) is 8.19. The molecule has 0 radical (unpaired) electrons. The van der Waals surface area contributed by atoms with E-state index in [0.29, 0.717) is 6.54 Å². The van der Waals surface area contributed by atoms with Crippen LogP contribution < -0.4 is 4.90 Å². The van der Waals surface area contributed by atoms with Gasteiger partial charge in [0.15, 0.2) is 0 Å². The Balaban J connectivity index is 1.57. The summed E-state index contributed by atoms with van der Waals surface area (Å²) in [4.78, 5) is 14.8. The molecule has 0 bridgehead atoms. The molecular weight excluding hydrogens is 308 g/mol. The first kappa shape index (κ1) is 16.4. The van der Waals surface area contributed by atoms with Gasteiger partial charge in [-0.2, -0.15) is 0 Å². The minimum absolute atomic E-state index is 0.380. The smallest absolute Gasteiger partial charge is 0.132 e. The van der Waals surface area contributed by atoms with E-state index in [1.165, 1.54) is 0 Å². The Labute approximate surface area is 141 Å². The van der Waals surface area contributed by atoms with Crippen LogP contribution in [0.2, 0.25) is 0 Å². The van der Waals surface area contributed by atoms with Crippen LogP contribution in [0.15, 0.2) is 23.6 Å². The van der Waals surface area contributed by atoms with Crippen LogP contribution in [-0.4, -0.2) is 52.7 Å². The quantitative estimate of drug-likeness (QED) is 0.910. The van der Waals surface area contributed by atoms with Gasteiger partial charge in [-0.3, -0.25) is 4.90 Å². The molecule has 23 heavy (non-hydrogen) atoms. The number of piperazine rings is 1. The number of nitrogens with zero attached hydrogens (tertiary/aromatic N) is 4. The third-order valence-electron chi connectivity index (χ3n) is 4.20. The van der Waals surface area contributed by atoms with Crippen molar-refractivity contribution in [1.29, 1.82) is 0 Å². The van der Waals surface area contributed by atoms with E-state index in [9.17, 15) is 5.11 Å². The maximum absolute atomic E-state index is 10.3. The van der Waals surface area contributed by atoms with Gasteiger partial charge in [0.2, 0.25) is 0 Å². The predicted octanol–water partition coefficient (Wildman–Crippen LogP) is 2.26. The van der Waals surface area contributed by atoms with Gasteiger partial charge in [-0.15, -0.1) is 11.3 Å². The minimum Gasteiger partial charge on any atom is -0.386 e. The Bertz CT molecular complexity index is 624. The molecule has 1 aliphatic heterocycles. The molecule has 3 heterocycles. The molecule has 5 nitrogen and oxygen atoms in total.